The molecule has 0 radical (unpaired) electrons. The Balaban J connectivity index is 2.17. The molecule has 1 aromatic rings. The van der Waals surface area contributed by atoms with E-state index in [0.29, 0.717) is 31.6 Å². The fourth-order valence-corrected chi connectivity index (χ4v) is 2.47. The zero-order valence-electron chi connectivity index (χ0n) is 9.91. The summed E-state index contributed by atoms with van der Waals surface area (Å²) in [6.45, 7) is 0.354. The van der Waals surface area contributed by atoms with E-state index in [1.807, 2.05) is 0 Å². The molecular formula is C11H16F3N3O. The summed E-state index contributed by atoms with van der Waals surface area (Å²) in [7, 11) is 0. The van der Waals surface area contributed by atoms with Crippen molar-refractivity contribution in [1.29, 1.82) is 0 Å². The fraction of sp³-hybridized carbons (Fsp3) is 0.818. The van der Waals surface area contributed by atoms with Crippen LogP contribution in [0.1, 0.15) is 43.3 Å². The summed E-state index contributed by atoms with van der Waals surface area (Å²) in [6, 6.07) is 0. The minimum Gasteiger partial charge on any atom is -0.339 e. The molecule has 1 saturated carbocycles. The van der Waals surface area contributed by atoms with Crippen molar-refractivity contribution in [3.8, 4) is 0 Å². The van der Waals surface area contributed by atoms with E-state index >= 15 is 0 Å². The van der Waals surface area contributed by atoms with E-state index in [1.54, 1.807) is 0 Å². The third kappa shape index (κ3) is 2.82. The molecule has 0 spiro atoms. The van der Waals surface area contributed by atoms with Gasteiger partial charge >= 0.3 is 6.18 Å². The molecule has 1 aromatic heterocycles. The van der Waals surface area contributed by atoms with E-state index in [2.05, 4.69) is 10.1 Å². The Bertz CT molecular complexity index is 391. The van der Waals surface area contributed by atoms with Gasteiger partial charge in [0, 0.05) is 12.3 Å². The van der Waals surface area contributed by atoms with Crippen molar-refractivity contribution in [2.45, 2.75) is 44.2 Å². The summed E-state index contributed by atoms with van der Waals surface area (Å²) >= 11 is 0. The van der Waals surface area contributed by atoms with Crippen LogP contribution in [0.3, 0.4) is 0 Å². The standard InChI is InChI=1S/C11H16F3N3O/c12-11(13,14)8-4-2-1-3-7(8)10-16-9(5-6-15)17-18-10/h7-8H,1-6,15H2. The molecule has 2 unspecified atom stereocenters. The van der Waals surface area contributed by atoms with Gasteiger partial charge in [0.1, 0.15) is 0 Å². The van der Waals surface area contributed by atoms with Crippen LogP contribution in [0, 0.1) is 5.92 Å². The van der Waals surface area contributed by atoms with Crippen molar-refractivity contribution in [1.82, 2.24) is 10.1 Å². The zero-order valence-corrected chi connectivity index (χ0v) is 9.91. The van der Waals surface area contributed by atoms with Gasteiger partial charge < -0.3 is 10.3 Å². The van der Waals surface area contributed by atoms with E-state index in [0.717, 1.165) is 6.42 Å². The van der Waals surface area contributed by atoms with Gasteiger partial charge in [0.15, 0.2) is 5.82 Å². The first-order valence-corrected chi connectivity index (χ1v) is 6.11. The van der Waals surface area contributed by atoms with Crippen LogP contribution >= 0.6 is 0 Å². The molecule has 0 bridgehead atoms. The normalized spacial score (nSPS) is 25.3. The van der Waals surface area contributed by atoms with Gasteiger partial charge in [-0.3, -0.25) is 0 Å². The van der Waals surface area contributed by atoms with Crippen LogP contribution in [0.5, 0.6) is 0 Å². The Morgan fingerprint density at radius 1 is 1.28 bits per heavy atom. The highest BCUT2D eigenvalue weighted by molar-refractivity contribution is 5.00. The monoisotopic (exact) mass is 263 g/mol. The van der Waals surface area contributed by atoms with E-state index < -0.39 is 18.0 Å². The molecule has 1 aliphatic rings. The van der Waals surface area contributed by atoms with Crippen LogP contribution in [0.15, 0.2) is 4.52 Å². The summed E-state index contributed by atoms with van der Waals surface area (Å²) in [5.41, 5.74) is 5.34. The Morgan fingerprint density at radius 3 is 2.67 bits per heavy atom. The lowest BCUT2D eigenvalue weighted by Gasteiger charge is -2.30. The second-order valence-electron chi connectivity index (χ2n) is 4.63. The van der Waals surface area contributed by atoms with Gasteiger partial charge in [-0.05, 0) is 19.4 Å². The minimum atomic E-state index is -4.20. The predicted molar refractivity (Wildman–Crippen MR) is 57.8 cm³/mol. The number of aromatic nitrogens is 2. The maximum atomic E-state index is 12.9. The summed E-state index contributed by atoms with van der Waals surface area (Å²) in [6.07, 6.45) is -1.81. The number of alkyl halides is 3. The van der Waals surface area contributed by atoms with Crippen LogP contribution in [0.25, 0.3) is 0 Å². The van der Waals surface area contributed by atoms with Crippen LogP contribution in [0.2, 0.25) is 0 Å². The Labute approximate surface area is 103 Å². The van der Waals surface area contributed by atoms with Gasteiger partial charge in [0.05, 0.1) is 5.92 Å². The van der Waals surface area contributed by atoms with Crippen molar-refractivity contribution < 1.29 is 17.7 Å². The van der Waals surface area contributed by atoms with Crippen molar-refractivity contribution in [2.24, 2.45) is 11.7 Å². The molecule has 2 rings (SSSR count). The Hall–Kier alpha value is -1.11. The van der Waals surface area contributed by atoms with E-state index in [-0.39, 0.29) is 12.3 Å². The molecule has 0 saturated heterocycles. The average Bonchev–Trinajstić information content (AvgIpc) is 2.77. The van der Waals surface area contributed by atoms with Crippen LogP contribution < -0.4 is 5.73 Å². The van der Waals surface area contributed by atoms with Crippen molar-refractivity contribution >= 4 is 0 Å². The highest BCUT2D eigenvalue weighted by Crippen LogP contribution is 2.45. The molecule has 0 aromatic carbocycles. The molecule has 18 heavy (non-hydrogen) atoms. The summed E-state index contributed by atoms with van der Waals surface area (Å²) < 4.78 is 43.7. The van der Waals surface area contributed by atoms with E-state index in [9.17, 15) is 13.2 Å². The molecule has 1 fully saturated rings. The number of nitrogens with zero attached hydrogens (tertiary/aromatic N) is 2. The van der Waals surface area contributed by atoms with Crippen molar-refractivity contribution in [3.63, 3.8) is 0 Å². The smallest absolute Gasteiger partial charge is 0.339 e. The van der Waals surface area contributed by atoms with E-state index in [4.69, 9.17) is 10.3 Å². The van der Waals surface area contributed by atoms with Gasteiger partial charge in [-0.1, -0.05) is 18.0 Å². The third-order valence-corrected chi connectivity index (χ3v) is 3.36. The number of hydrogen-bond donors (Lipinski definition) is 1. The first-order valence-electron chi connectivity index (χ1n) is 6.11. The van der Waals surface area contributed by atoms with Gasteiger partial charge in [0.25, 0.3) is 0 Å². The molecule has 2 N–H and O–H groups in total. The highest BCUT2D eigenvalue weighted by Gasteiger charge is 2.47. The largest absolute Gasteiger partial charge is 0.392 e. The molecule has 0 amide bonds. The number of hydrogen-bond acceptors (Lipinski definition) is 4. The lowest BCUT2D eigenvalue weighted by Crippen LogP contribution is -2.31. The second kappa shape index (κ2) is 5.26. The number of halogens is 3. The number of nitrogens with two attached hydrogens (primary N) is 1. The van der Waals surface area contributed by atoms with Crippen LogP contribution in [-0.2, 0) is 6.42 Å². The topological polar surface area (TPSA) is 64.9 Å². The summed E-state index contributed by atoms with van der Waals surface area (Å²) in [5.74, 6) is -1.56. The quantitative estimate of drug-likeness (QED) is 0.909. The average molecular weight is 263 g/mol. The number of rotatable bonds is 3. The van der Waals surface area contributed by atoms with Crippen LogP contribution in [0.4, 0.5) is 13.2 Å². The third-order valence-electron chi connectivity index (χ3n) is 3.36. The lowest BCUT2D eigenvalue weighted by atomic mass is 9.78. The minimum absolute atomic E-state index is 0.112. The summed E-state index contributed by atoms with van der Waals surface area (Å²) in [4.78, 5) is 4.03. The Morgan fingerprint density at radius 2 is 2.00 bits per heavy atom. The molecule has 0 aliphatic heterocycles. The Kier molecular flexibility index (Phi) is 3.89. The predicted octanol–water partition coefficient (Wildman–Crippen LogP) is 2.41. The molecule has 2 atom stereocenters. The molecule has 102 valence electrons. The van der Waals surface area contributed by atoms with Crippen molar-refractivity contribution in [2.75, 3.05) is 6.54 Å². The molecular weight excluding hydrogens is 247 g/mol. The molecule has 7 heteroatoms. The van der Waals surface area contributed by atoms with Gasteiger partial charge in [-0.15, -0.1) is 0 Å². The van der Waals surface area contributed by atoms with Crippen molar-refractivity contribution in [3.05, 3.63) is 11.7 Å². The molecule has 1 heterocycles. The SMILES string of the molecule is NCCc1noc(C2CCCCC2C(F)(F)F)n1. The zero-order chi connectivity index (χ0) is 13.2. The van der Waals surface area contributed by atoms with Gasteiger partial charge in [0.2, 0.25) is 5.89 Å². The lowest BCUT2D eigenvalue weighted by molar-refractivity contribution is -0.189. The second-order valence-corrected chi connectivity index (χ2v) is 4.63. The maximum absolute atomic E-state index is 12.9. The maximum Gasteiger partial charge on any atom is 0.392 e. The fourth-order valence-electron chi connectivity index (χ4n) is 2.47. The first kappa shape index (κ1) is 13.3. The summed E-state index contributed by atoms with van der Waals surface area (Å²) in [5, 5.41) is 3.66. The van der Waals surface area contributed by atoms with Crippen LogP contribution in [-0.4, -0.2) is 22.9 Å². The van der Waals surface area contributed by atoms with E-state index in [1.165, 1.54) is 0 Å². The van der Waals surface area contributed by atoms with Gasteiger partial charge in [-0.25, -0.2) is 0 Å². The first-order chi connectivity index (χ1) is 8.52. The highest BCUT2D eigenvalue weighted by atomic mass is 19.4. The molecule has 4 nitrogen and oxygen atoms in total. The molecule has 1 aliphatic carbocycles. The van der Waals surface area contributed by atoms with Gasteiger partial charge in [-0.2, -0.15) is 18.2 Å².